The molecule has 1 amide bonds. The number of hydrogen-bond donors (Lipinski definition) is 3. The molecule has 0 aromatic heterocycles. The molecule has 1 aromatic carbocycles. The highest BCUT2D eigenvalue weighted by Gasteiger charge is 2.51. The number of carbonyl (C=O) groups excluding carboxylic acids is 1. The highest BCUT2D eigenvalue weighted by Crippen LogP contribution is 2.36. The Morgan fingerprint density at radius 3 is 2.43 bits per heavy atom. The summed E-state index contributed by atoms with van der Waals surface area (Å²) in [6.07, 6.45) is -0.800. The lowest BCUT2D eigenvalue weighted by Crippen LogP contribution is -2.41. The van der Waals surface area contributed by atoms with Crippen molar-refractivity contribution in [1.29, 1.82) is 0 Å². The van der Waals surface area contributed by atoms with Gasteiger partial charge in [-0.1, -0.05) is 6.07 Å². The van der Waals surface area contributed by atoms with Crippen LogP contribution in [0.5, 0.6) is 0 Å². The number of benzene rings is 1. The summed E-state index contributed by atoms with van der Waals surface area (Å²) in [5.41, 5.74) is 12.3. The SMILES string of the molecule is CC1(C)OB(c2ccc(N)c(NCCOC(N)=O)c2)OC1(C)C. The fourth-order valence-corrected chi connectivity index (χ4v) is 2.19. The predicted octanol–water partition coefficient (Wildman–Crippen LogP) is 1.08. The monoisotopic (exact) mass is 321 g/mol. The molecular weight excluding hydrogens is 297 g/mol. The molecule has 23 heavy (non-hydrogen) atoms. The molecule has 1 fully saturated rings. The number of nitrogens with one attached hydrogen (secondary N) is 1. The second-order valence-electron chi connectivity index (χ2n) is 6.53. The van der Waals surface area contributed by atoms with E-state index in [4.69, 9.17) is 20.8 Å². The minimum atomic E-state index is -0.800. The lowest BCUT2D eigenvalue weighted by molar-refractivity contribution is 0.00578. The number of hydrogen-bond acceptors (Lipinski definition) is 6. The van der Waals surface area contributed by atoms with E-state index in [1.54, 1.807) is 6.07 Å². The van der Waals surface area contributed by atoms with Crippen molar-refractivity contribution in [3.05, 3.63) is 18.2 Å². The maximum absolute atomic E-state index is 10.5. The molecule has 0 saturated carbocycles. The van der Waals surface area contributed by atoms with E-state index >= 15 is 0 Å². The Balaban J connectivity index is 2.07. The summed E-state index contributed by atoms with van der Waals surface area (Å²) in [5.74, 6) is 0. The number of amides is 1. The quantitative estimate of drug-likeness (QED) is 0.425. The minimum absolute atomic E-state index is 0.162. The number of anilines is 2. The zero-order valence-electron chi connectivity index (χ0n) is 14.0. The fourth-order valence-electron chi connectivity index (χ4n) is 2.19. The summed E-state index contributed by atoms with van der Waals surface area (Å²) in [5, 5.41) is 3.10. The van der Waals surface area contributed by atoms with Crippen molar-refractivity contribution < 1.29 is 18.8 Å². The molecule has 126 valence electrons. The largest absolute Gasteiger partial charge is 0.494 e. The third-order valence-corrected chi connectivity index (χ3v) is 4.26. The predicted molar refractivity (Wildman–Crippen MR) is 90.6 cm³/mol. The lowest BCUT2D eigenvalue weighted by atomic mass is 9.79. The minimum Gasteiger partial charge on any atom is -0.448 e. The molecule has 2 rings (SSSR count). The van der Waals surface area contributed by atoms with Crippen molar-refractivity contribution >= 4 is 30.0 Å². The van der Waals surface area contributed by atoms with Crippen molar-refractivity contribution in [2.45, 2.75) is 38.9 Å². The van der Waals surface area contributed by atoms with E-state index in [0.717, 1.165) is 11.2 Å². The van der Waals surface area contributed by atoms with Crippen LogP contribution in [-0.4, -0.2) is 37.6 Å². The van der Waals surface area contributed by atoms with Gasteiger partial charge >= 0.3 is 13.2 Å². The average Bonchev–Trinajstić information content (AvgIpc) is 2.65. The molecule has 0 aliphatic carbocycles. The van der Waals surface area contributed by atoms with Gasteiger partial charge in [-0.2, -0.15) is 0 Å². The molecule has 0 spiro atoms. The van der Waals surface area contributed by atoms with Gasteiger partial charge in [-0.05, 0) is 45.3 Å². The second kappa shape index (κ2) is 6.29. The second-order valence-corrected chi connectivity index (χ2v) is 6.53. The smallest absolute Gasteiger partial charge is 0.448 e. The molecule has 1 saturated heterocycles. The van der Waals surface area contributed by atoms with Gasteiger partial charge in [-0.3, -0.25) is 0 Å². The molecule has 7 nitrogen and oxygen atoms in total. The third kappa shape index (κ3) is 3.89. The molecule has 1 aliphatic rings. The highest BCUT2D eigenvalue weighted by atomic mass is 16.7. The number of rotatable bonds is 5. The maximum Gasteiger partial charge on any atom is 0.494 e. The number of primary amides is 1. The van der Waals surface area contributed by atoms with E-state index in [0.29, 0.717) is 12.2 Å². The van der Waals surface area contributed by atoms with Gasteiger partial charge < -0.3 is 30.8 Å². The number of nitrogens with two attached hydrogens (primary N) is 2. The Kier molecular flexibility index (Phi) is 4.77. The first-order chi connectivity index (χ1) is 10.6. The van der Waals surface area contributed by atoms with E-state index in [1.807, 2.05) is 39.8 Å². The van der Waals surface area contributed by atoms with Crippen LogP contribution in [-0.2, 0) is 14.0 Å². The molecule has 0 bridgehead atoms. The Labute approximate surface area is 136 Å². The molecule has 8 heteroatoms. The van der Waals surface area contributed by atoms with Gasteiger partial charge in [0.2, 0.25) is 0 Å². The van der Waals surface area contributed by atoms with Gasteiger partial charge in [-0.15, -0.1) is 0 Å². The zero-order valence-corrected chi connectivity index (χ0v) is 14.0. The highest BCUT2D eigenvalue weighted by molar-refractivity contribution is 6.62. The van der Waals surface area contributed by atoms with E-state index in [-0.39, 0.29) is 6.61 Å². The standard InChI is InChI=1S/C15H24BN3O4/c1-14(2)15(3,4)23-16(22-14)10-5-6-11(17)12(9-10)19-7-8-21-13(18)20/h5-6,9,19H,7-8,17H2,1-4H3,(H2,18,20). The first-order valence-electron chi connectivity index (χ1n) is 7.53. The summed E-state index contributed by atoms with van der Waals surface area (Å²) in [6.45, 7) is 8.58. The van der Waals surface area contributed by atoms with Crippen LogP contribution >= 0.6 is 0 Å². The molecule has 1 aliphatic heterocycles. The van der Waals surface area contributed by atoms with Crippen LogP contribution in [0.4, 0.5) is 16.2 Å². The molecule has 5 N–H and O–H groups in total. The van der Waals surface area contributed by atoms with Gasteiger partial charge in [0.1, 0.15) is 6.61 Å². The van der Waals surface area contributed by atoms with Crippen molar-refractivity contribution in [3.63, 3.8) is 0 Å². The van der Waals surface area contributed by atoms with Gasteiger partial charge in [0.15, 0.2) is 0 Å². The van der Waals surface area contributed by atoms with E-state index in [2.05, 4.69) is 10.1 Å². The molecule has 0 unspecified atom stereocenters. The van der Waals surface area contributed by atoms with Gasteiger partial charge in [-0.25, -0.2) is 4.79 Å². The molecule has 1 aromatic rings. The maximum atomic E-state index is 10.5. The topological polar surface area (TPSA) is 109 Å². The molecule has 1 heterocycles. The van der Waals surface area contributed by atoms with Gasteiger partial charge in [0.05, 0.1) is 22.6 Å². The van der Waals surface area contributed by atoms with Crippen LogP contribution in [0.15, 0.2) is 18.2 Å². The molecule has 0 radical (unpaired) electrons. The Hall–Kier alpha value is -1.93. The number of carbonyl (C=O) groups is 1. The van der Waals surface area contributed by atoms with Crippen molar-refractivity contribution in [1.82, 2.24) is 0 Å². The summed E-state index contributed by atoms with van der Waals surface area (Å²) in [6, 6.07) is 5.54. The molecular formula is C15H24BN3O4. The van der Waals surface area contributed by atoms with Crippen LogP contribution in [0.3, 0.4) is 0 Å². The number of ether oxygens (including phenoxy) is 1. The third-order valence-electron chi connectivity index (χ3n) is 4.26. The van der Waals surface area contributed by atoms with E-state index in [9.17, 15) is 4.79 Å². The fraction of sp³-hybridized carbons (Fsp3) is 0.533. The van der Waals surface area contributed by atoms with Crippen molar-refractivity contribution in [3.8, 4) is 0 Å². The summed E-state index contributed by atoms with van der Waals surface area (Å²) in [7, 11) is -0.456. The van der Waals surface area contributed by atoms with E-state index < -0.39 is 24.4 Å². The normalized spacial score (nSPS) is 18.7. The lowest BCUT2D eigenvalue weighted by Gasteiger charge is -2.32. The van der Waals surface area contributed by atoms with Crippen molar-refractivity contribution in [2.75, 3.05) is 24.2 Å². The first-order valence-corrected chi connectivity index (χ1v) is 7.53. The number of nitrogen functional groups attached to an aromatic ring is 1. The Bertz CT molecular complexity index is 576. The zero-order chi connectivity index (χ0) is 17.3. The van der Waals surface area contributed by atoms with Gasteiger partial charge in [0.25, 0.3) is 0 Å². The van der Waals surface area contributed by atoms with Crippen LogP contribution < -0.4 is 22.2 Å². The van der Waals surface area contributed by atoms with Crippen molar-refractivity contribution in [2.24, 2.45) is 5.73 Å². The van der Waals surface area contributed by atoms with Crippen LogP contribution in [0.25, 0.3) is 0 Å². The summed E-state index contributed by atoms with van der Waals surface area (Å²) in [4.78, 5) is 10.5. The Morgan fingerprint density at radius 1 is 1.26 bits per heavy atom. The average molecular weight is 321 g/mol. The summed E-state index contributed by atoms with van der Waals surface area (Å²) >= 11 is 0. The van der Waals surface area contributed by atoms with Crippen LogP contribution in [0.2, 0.25) is 0 Å². The van der Waals surface area contributed by atoms with Gasteiger partial charge in [0, 0.05) is 6.54 Å². The van der Waals surface area contributed by atoms with Crippen LogP contribution in [0, 0.1) is 0 Å². The van der Waals surface area contributed by atoms with E-state index in [1.165, 1.54) is 0 Å². The Morgan fingerprint density at radius 2 is 1.87 bits per heavy atom. The first kappa shape index (κ1) is 17.4. The molecule has 0 atom stereocenters. The van der Waals surface area contributed by atoms with Crippen LogP contribution in [0.1, 0.15) is 27.7 Å². The summed E-state index contributed by atoms with van der Waals surface area (Å²) < 4.78 is 16.7.